The smallest absolute Gasteiger partial charge is 0.218 e. The van der Waals surface area contributed by atoms with Gasteiger partial charge in [-0.15, -0.1) is 0 Å². The van der Waals surface area contributed by atoms with Gasteiger partial charge in [0.25, 0.3) is 0 Å². The maximum Gasteiger partial charge on any atom is 0.338 e. The van der Waals surface area contributed by atoms with Crippen molar-refractivity contribution in [3.63, 3.8) is 0 Å². The zero-order valence-electron chi connectivity index (χ0n) is 9.38. The van der Waals surface area contributed by atoms with Crippen molar-refractivity contribution in [2.24, 2.45) is 5.10 Å². The first kappa shape index (κ1) is 12.2. The Hall–Kier alpha value is -0.820. The molecule has 0 N–H and O–H groups in total. The van der Waals surface area contributed by atoms with Crippen LogP contribution in [0.1, 0.15) is 34.1 Å². The third kappa shape index (κ3) is 5.42. The molecule has 0 unspecified atom stereocenters. The summed E-state index contributed by atoms with van der Waals surface area (Å²) < 4.78 is 2.11. The van der Waals surface area contributed by atoms with Crippen LogP contribution in [0.3, 0.4) is 0 Å². The van der Waals surface area contributed by atoms with Crippen molar-refractivity contribution < 1.29 is 4.58 Å². The lowest BCUT2D eigenvalue weighted by Crippen LogP contribution is -2.17. The van der Waals surface area contributed by atoms with Gasteiger partial charge < -0.3 is 0 Å². The summed E-state index contributed by atoms with van der Waals surface area (Å²) in [6.07, 6.45) is 1.15. The molecule has 3 heteroatoms. The molecule has 3 nitrogen and oxygen atoms in total. The molecule has 0 aromatic carbocycles. The van der Waals surface area contributed by atoms with E-state index >= 15 is 0 Å². The summed E-state index contributed by atoms with van der Waals surface area (Å²) in [5, 5.41) is 6.26. The second-order valence-electron chi connectivity index (χ2n) is 2.92. The van der Waals surface area contributed by atoms with Gasteiger partial charge in [-0.3, -0.25) is 0 Å². The lowest BCUT2D eigenvalue weighted by Gasteiger charge is -2.03. The lowest BCUT2D eigenvalue weighted by molar-refractivity contribution is -0.518. The second kappa shape index (κ2) is 7.81. The number of hydrogen-bond acceptors (Lipinski definition) is 2. The van der Waals surface area contributed by atoms with Crippen molar-refractivity contribution in [1.82, 2.24) is 5.01 Å². The first-order chi connectivity index (χ1) is 6.28. The Morgan fingerprint density at radius 3 is 2.15 bits per heavy atom. The molecule has 0 aliphatic rings. The standard InChI is InChI=1S/C10H22N3/c1-5-9-12(6-2)10-11-13(7-3)8-4/h5-9H2,1-4H3/q+1. The van der Waals surface area contributed by atoms with Gasteiger partial charge in [0.15, 0.2) is 0 Å². The van der Waals surface area contributed by atoms with E-state index in [1.165, 1.54) is 0 Å². The SMILES string of the molecule is CCC[N+](=C=NN(CC)CC)CC. The van der Waals surface area contributed by atoms with E-state index in [9.17, 15) is 0 Å². The topological polar surface area (TPSA) is 18.6 Å². The van der Waals surface area contributed by atoms with Crippen LogP contribution < -0.4 is 0 Å². The van der Waals surface area contributed by atoms with E-state index in [1.54, 1.807) is 0 Å². The van der Waals surface area contributed by atoms with Crippen LogP contribution in [-0.4, -0.2) is 41.8 Å². The summed E-state index contributed by atoms with van der Waals surface area (Å²) in [5.74, 6) is 0. The van der Waals surface area contributed by atoms with Crippen LogP contribution in [0.25, 0.3) is 0 Å². The molecule has 0 aliphatic heterocycles. The van der Waals surface area contributed by atoms with E-state index in [0.717, 1.165) is 32.6 Å². The Morgan fingerprint density at radius 2 is 1.77 bits per heavy atom. The van der Waals surface area contributed by atoms with Crippen LogP contribution in [0.4, 0.5) is 0 Å². The van der Waals surface area contributed by atoms with Crippen LogP contribution in [0, 0.1) is 0 Å². The van der Waals surface area contributed by atoms with Gasteiger partial charge in [-0.25, -0.2) is 4.58 Å². The average Bonchev–Trinajstić information content (AvgIpc) is 2.17. The van der Waals surface area contributed by atoms with Crippen LogP contribution in [0.15, 0.2) is 5.10 Å². The minimum atomic E-state index is 0.952. The van der Waals surface area contributed by atoms with Crippen LogP contribution >= 0.6 is 0 Å². The maximum atomic E-state index is 4.26. The minimum absolute atomic E-state index is 0.952. The molecule has 0 saturated carbocycles. The summed E-state index contributed by atoms with van der Waals surface area (Å²) in [7, 11) is 0. The molecule has 0 radical (unpaired) electrons. The number of hydrazone groups is 1. The fourth-order valence-electron chi connectivity index (χ4n) is 1.04. The molecule has 0 aromatic rings. The number of nitrogens with zero attached hydrogens (tertiary/aromatic N) is 3. The van der Waals surface area contributed by atoms with E-state index in [0.29, 0.717) is 0 Å². The molecular weight excluding hydrogens is 162 g/mol. The monoisotopic (exact) mass is 184 g/mol. The van der Waals surface area contributed by atoms with Gasteiger partial charge >= 0.3 is 6.01 Å². The van der Waals surface area contributed by atoms with Gasteiger partial charge in [0, 0.05) is 0 Å². The highest BCUT2D eigenvalue weighted by molar-refractivity contribution is 5.33. The predicted molar refractivity (Wildman–Crippen MR) is 56.3 cm³/mol. The van der Waals surface area contributed by atoms with E-state index in [4.69, 9.17) is 0 Å². The Bertz CT molecular complexity index is 177. The predicted octanol–water partition coefficient (Wildman–Crippen LogP) is 1.86. The third-order valence-electron chi connectivity index (χ3n) is 1.93. The molecule has 0 bridgehead atoms. The molecule has 0 aromatic heterocycles. The third-order valence-corrected chi connectivity index (χ3v) is 1.93. The van der Waals surface area contributed by atoms with Crippen molar-refractivity contribution in [1.29, 1.82) is 0 Å². The normalized spacial score (nSPS) is 9.23. The molecular formula is C10H22N3+. The van der Waals surface area contributed by atoms with E-state index in [-0.39, 0.29) is 0 Å². The Morgan fingerprint density at radius 1 is 1.15 bits per heavy atom. The summed E-state index contributed by atoms with van der Waals surface area (Å²) in [4.78, 5) is 0. The zero-order valence-corrected chi connectivity index (χ0v) is 9.38. The van der Waals surface area contributed by atoms with Crippen molar-refractivity contribution >= 4 is 6.01 Å². The van der Waals surface area contributed by atoms with E-state index < -0.39 is 0 Å². The first-order valence-electron chi connectivity index (χ1n) is 5.24. The molecule has 0 amide bonds. The molecule has 0 atom stereocenters. The van der Waals surface area contributed by atoms with Crippen molar-refractivity contribution in [3.05, 3.63) is 0 Å². The molecule has 0 heterocycles. The largest absolute Gasteiger partial charge is 0.338 e. The fraction of sp³-hybridized carbons (Fsp3) is 0.900. The van der Waals surface area contributed by atoms with E-state index in [2.05, 4.69) is 43.4 Å². The minimum Gasteiger partial charge on any atom is -0.218 e. The molecule has 0 spiro atoms. The van der Waals surface area contributed by atoms with Gasteiger partial charge in [-0.1, -0.05) is 6.92 Å². The van der Waals surface area contributed by atoms with Gasteiger partial charge in [-0.2, -0.15) is 5.01 Å². The Balaban J connectivity index is 4.26. The zero-order chi connectivity index (χ0) is 10.1. The van der Waals surface area contributed by atoms with Gasteiger partial charge in [0.2, 0.25) is 0 Å². The molecule has 76 valence electrons. The van der Waals surface area contributed by atoms with Crippen molar-refractivity contribution in [2.45, 2.75) is 34.1 Å². The number of rotatable bonds is 6. The fourth-order valence-corrected chi connectivity index (χ4v) is 1.04. The summed E-state index contributed by atoms with van der Waals surface area (Å²) in [6.45, 7) is 12.4. The van der Waals surface area contributed by atoms with Crippen molar-refractivity contribution in [2.75, 3.05) is 26.2 Å². The van der Waals surface area contributed by atoms with E-state index in [1.807, 2.05) is 5.01 Å². The van der Waals surface area contributed by atoms with Crippen LogP contribution in [-0.2, 0) is 0 Å². The molecule has 13 heavy (non-hydrogen) atoms. The maximum absolute atomic E-state index is 4.26. The molecule has 0 aliphatic carbocycles. The quantitative estimate of drug-likeness (QED) is 0.350. The van der Waals surface area contributed by atoms with Gasteiger partial charge in [0.1, 0.15) is 0 Å². The summed E-state index contributed by atoms with van der Waals surface area (Å²) in [5.41, 5.74) is 0. The number of hydrogen-bond donors (Lipinski definition) is 0. The second-order valence-corrected chi connectivity index (χ2v) is 2.92. The average molecular weight is 184 g/mol. The first-order valence-corrected chi connectivity index (χ1v) is 5.24. The summed E-state index contributed by atoms with van der Waals surface area (Å²) >= 11 is 0. The van der Waals surface area contributed by atoms with Crippen LogP contribution in [0.5, 0.6) is 0 Å². The Kier molecular flexibility index (Phi) is 7.32. The highest BCUT2D eigenvalue weighted by Gasteiger charge is 1.98. The highest BCUT2D eigenvalue weighted by atomic mass is 15.4. The van der Waals surface area contributed by atoms with Gasteiger partial charge in [-0.05, 0) is 27.2 Å². The Labute approximate surface area is 81.8 Å². The lowest BCUT2D eigenvalue weighted by atomic mass is 10.5. The van der Waals surface area contributed by atoms with Crippen LogP contribution in [0.2, 0.25) is 0 Å². The van der Waals surface area contributed by atoms with Gasteiger partial charge in [0.05, 0.1) is 31.3 Å². The molecule has 0 rings (SSSR count). The molecule has 0 fully saturated rings. The molecule has 0 saturated heterocycles. The van der Waals surface area contributed by atoms with Crippen molar-refractivity contribution in [3.8, 4) is 0 Å². The summed E-state index contributed by atoms with van der Waals surface area (Å²) in [6, 6.07) is 3.06. The highest BCUT2D eigenvalue weighted by Crippen LogP contribution is 1.85.